The second-order valence-electron chi connectivity index (χ2n) is 11.6. The van der Waals surface area contributed by atoms with Gasteiger partial charge in [-0.2, -0.15) is 5.01 Å². The Morgan fingerprint density at radius 2 is 1.55 bits per heavy atom. The molecule has 0 spiro atoms. The number of hydrogen-bond donors (Lipinski definition) is 3. The molecule has 5 rings (SSSR count). The van der Waals surface area contributed by atoms with Crippen molar-refractivity contribution in [2.75, 3.05) is 40.7 Å². The first kappa shape index (κ1) is 36.9. The van der Waals surface area contributed by atoms with Crippen molar-refractivity contribution in [1.29, 1.82) is 0 Å². The van der Waals surface area contributed by atoms with Gasteiger partial charge in [-0.05, 0) is 105 Å². The first-order valence-corrected chi connectivity index (χ1v) is 18.4. The molecule has 0 aromatic heterocycles. The maximum absolute atomic E-state index is 14.2. The van der Waals surface area contributed by atoms with Gasteiger partial charge < -0.3 is 25.6 Å². The molecule has 0 saturated heterocycles. The molecule has 1 atom stereocenters. The molecule has 0 radical (unpaired) electrons. The normalized spacial score (nSPS) is 15.6. The van der Waals surface area contributed by atoms with Crippen LogP contribution in [0.4, 0.5) is 17.1 Å². The molecule has 0 fully saturated rings. The Balaban J connectivity index is 1.33. The largest absolute Gasteiger partial charge is 0.494 e. The molecule has 1 unspecified atom stereocenters. The maximum atomic E-state index is 14.2. The summed E-state index contributed by atoms with van der Waals surface area (Å²) in [5, 5.41) is 14.7. The van der Waals surface area contributed by atoms with Crippen LogP contribution in [0.1, 0.15) is 37.6 Å². The van der Waals surface area contributed by atoms with E-state index in [9.17, 15) is 22.8 Å². The number of halogens is 1. The predicted molar refractivity (Wildman–Crippen MR) is 199 cm³/mol. The van der Waals surface area contributed by atoms with E-state index in [-0.39, 0.29) is 35.1 Å². The van der Waals surface area contributed by atoms with Crippen molar-refractivity contribution in [1.82, 2.24) is 10.6 Å². The lowest BCUT2D eigenvalue weighted by Crippen LogP contribution is -2.67. The number of para-hydroxylation sites is 1. The van der Waals surface area contributed by atoms with Gasteiger partial charge in [0, 0.05) is 42.0 Å². The van der Waals surface area contributed by atoms with Crippen LogP contribution in [-0.4, -0.2) is 63.1 Å². The summed E-state index contributed by atoms with van der Waals surface area (Å²) in [5.41, 5.74) is 0.195. The molecule has 3 amide bonds. The topological polar surface area (TPSA) is 150 Å². The van der Waals surface area contributed by atoms with Crippen molar-refractivity contribution in [2.24, 2.45) is 5.10 Å². The Kier molecular flexibility index (Phi) is 11.6. The number of carbonyl (C=O) groups is 3. The molecular formula is C37H39ClN6O6S. The number of ether oxygens (including phenoxy) is 1. The number of sulfone groups is 1. The van der Waals surface area contributed by atoms with Crippen molar-refractivity contribution < 1.29 is 27.5 Å². The van der Waals surface area contributed by atoms with E-state index in [1.807, 2.05) is 12.1 Å². The second-order valence-corrected chi connectivity index (χ2v) is 14.2. The molecule has 4 aromatic carbocycles. The first-order valence-electron chi connectivity index (χ1n) is 16.4. The van der Waals surface area contributed by atoms with Crippen molar-refractivity contribution in [2.45, 2.75) is 37.8 Å². The molecule has 1 heterocycles. The van der Waals surface area contributed by atoms with Crippen LogP contribution in [-0.2, 0) is 19.4 Å². The van der Waals surface area contributed by atoms with Gasteiger partial charge in [0.05, 0.1) is 22.9 Å². The Labute approximate surface area is 302 Å². The summed E-state index contributed by atoms with van der Waals surface area (Å²) in [5.74, 6) is -1.57. The van der Waals surface area contributed by atoms with Gasteiger partial charge >= 0.3 is 5.91 Å². The van der Waals surface area contributed by atoms with Gasteiger partial charge in [0.25, 0.3) is 11.6 Å². The first-order chi connectivity index (χ1) is 24.5. The number of carbonyl (C=O) groups excluding carboxylic acids is 3. The Morgan fingerprint density at radius 3 is 2.16 bits per heavy atom. The van der Waals surface area contributed by atoms with Crippen LogP contribution in [0.3, 0.4) is 0 Å². The van der Waals surface area contributed by atoms with Gasteiger partial charge in [-0.15, -0.1) is 5.10 Å². The molecular weight excluding hydrogens is 692 g/mol. The third-order valence-corrected chi connectivity index (χ3v) is 10.2. The third-order valence-electron chi connectivity index (χ3n) is 8.11. The van der Waals surface area contributed by atoms with Gasteiger partial charge in [0.2, 0.25) is 5.91 Å². The molecule has 1 aliphatic heterocycles. The highest BCUT2D eigenvalue weighted by atomic mass is 35.5. The van der Waals surface area contributed by atoms with Crippen molar-refractivity contribution in [3.63, 3.8) is 0 Å². The van der Waals surface area contributed by atoms with Crippen LogP contribution < -0.4 is 30.6 Å². The summed E-state index contributed by atoms with van der Waals surface area (Å²) in [6, 6.07) is 28.3. The standard InChI is InChI=1S/C37H39ClN6O6S/c1-4-43(5-2)30-18-16-29(17-19-30)41-37(40-26(3)45)35(42-44(36(37)47)31-10-7-6-8-11-31)39-34(46)27-12-20-32(21-13-27)50-24-9-25-51(48,49)33-22-14-28(38)15-23-33/h6-8,10-23,41H,4-5,9,24-25H2,1-3H3,(H,40,45)(H,39,42,46). The Bertz CT molecular complexity index is 1990. The minimum Gasteiger partial charge on any atom is -0.494 e. The van der Waals surface area contributed by atoms with E-state index in [1.165, 1.54) is 43.3 Å². The quantitative estimate of drug-likeness (QED) is 0.114. The molecule has 1 aliphatic rings. The average molecular weight is 731 g/mol. The fraction of sp³-hybridized carbons (Fsp3) is 0.243. The van der Waals surface area contributed by atoms with E-state index in [4.69, 9.17) is 16.3 Å². The molecule has 12 nitrogen and oxygen atoms in total. The van der Waals surface area contributed by atoms with Gasteiger partial charge in [-0.25, -0.2) is 8.42 Å². The van der Waals surface area contributed by atoms with Gasteiger partial charge in [0.15, 0.2) is 15.7 Å². The van der Waals surface area contributed by atoms with E-state index in [1.54, 1.807) is 54.6 Å². The number of rotatable bonds is 14. The highest BCUT2D eigenvalue weighted by Gasteiger charge is 2.54. The van der Waals surface area contributed by atoms with Crippen LogP contribution in [0.15, 0.2) is 113 Å². The highest BCUT2D eigenvalue weighted by Crippen LogP contribution is 2.29. The summed E-state index contributed by atoms with van der Waals surface area (Å²) in [7, 11) is -3.50. The Hall–Kier alpha value is -5.40. The molecule has 51 heavy (non-hydrogen) atoms. The summed E-state index contributed by atoms with van der Waals surface area (Å²) >= 11 is 5.86. The summed E-state index contributed by atoms with van der Waals surface area (Å²) in [6.45, 7) is 7.15. The number of nitrogens with one attached hydrogen (secondary N) is 3. The lowest BCUT2D eigenvalue weighted by Gasteiger charge is -2.31. The predicted octanol–water partition coefficient (Wildman–Crippen LogP) is 5.46. The fourth-order valence-electron chi connectivity index (χ4n) is 5.51. The zero-order valence-corrected chi connectivity index (χ0v) is 30.0. The van der Waals surface area contributed by atoms with Gasteiger partial charge in [0.1, 0.15) is 5.75 Å². The molecule has 3 N–H and O–H groups in total. The monoisotopic (exact) mass is 730 g/mol. The molecule has 0 aliphatic carbocycles. The zero-order valence-electron chi connectivity index (χ0n) is 28.4. The van der Waals surface area contributed by atoms with Gasteiger partial charge in [-0.3, -0.25) is 14.4 Å². The zero-order chi connectivity index (χ0) is 36.6. The van der Waals surface area contributed by atoms with E-state index in [0.717, 1.165) is 23.8 Å². The maximum Gasteiger partial charge on any atom is 0.302 e. The average Bonchev–Trinajstić information content (AvgIpc) is 3.37. The minimum absolute atomic E-state index is 0.111. The number of anilines is 3. The van der Waals surface area contributed by atoms with Crippen LogP contribution in [0.25, 0.3) is 0 Å². The molecule has 4 aromatic rings. The Morgan fingerprint density at radius 1 is 0.902 bits per heavy atom. The lowest BCUT2D eigenvalue weighted by atomic mass is 10.1. The number of hydrazone groups is 1. The highest BCUT2D eigenvalue weighted by molar-refractivity contribution is 7.91. The number of benzene rings is 4. The van der Waals surface area contributed by atoms with Crippen LogP contribution >= 0.6 is 11.6 Å². The van der Waals surface area contributed by atoms with Crippen LogP contribution in [0.5, 0.6) is 5.75 Å². The lowest BCUT2D eigenvalue weighted by molar-refractivity contribution is -0.127. The van der Waals surface area contributed by atoms with Crippen molar-refractivity contribution >= 4 is 62.1 Å². The van der Waals surface area contributed by atoms with Crippen molar-refractivity contribution in [3.8, 4) is 5.75 Å². The number of amidine groups is 1. The van der Waals surface area contributed by atoms with Crippen LogP contribution in [0, 0.1) is 0 Å². The van der Waals surface area contributed by atoms with E-state index >= 15 is 0 Å². The number of amides is 3. The molecule has 266 valence electrons. The third kappa shape index (κ3) is 8.67. The number of nitrogens with zero attached hydrogens (tertiary/aromatic N) is 3. The second kappa shape index (κ2) is 16.1. The molecule has 14 heteroatoms. The van der Waals surface area contributed by atoms with Crippen molar-refractivity contribution in [3.05, 3.63) is 114 Å². The summed E-state index contributed by atoms with van der Waals surface area (Å²) in [4.78, 5) is 42.8. The minimum atomic E-state index is -3.50. The fourth-order valence-corrected chi connectivity index (χ4v) is 6.92. The summed E-state index contributed by atoms with van der Waals surface area (Å²) < 4.78 is 30.9. The number of hydrogen-bond acceptors (Lipinski definition) is 9. The van der Waals surface area contributed by atoms with E-state index in [2.05, 4.69) is 39.8 Å². The SMILES string of the molecule is CCN(CC)c1ccc(NC2(NC(C)=O)C(=O)N(c3ccccc3)N=C2NC(=O)c2ccc(OCCCS(=O)(=O)c3ccc(Cl)cc3)cc2)cc1. The molecule has 0 saturated carbocycles. The van der Waals surface area contributed by atoms with E-state index < -0.39 is 33.2 Å². The van der Waals surface area contributed by atoms with Crippen LogP contribution in [0.2, 0.25) is 5.02 Å². The summed E-state index contributed by atoms with van der Waals surface area (Å²) in [6.07, 6.45) is 0.245. The molecule has 0 bridgehead atoms. The smallest absolute Gasteiger partial charge is 0.302 e. The van der Waals surface area contributed by atoms with E-state index in [0.29, 0.717) is 22.1 Å². The van der Waals surface area contributed by atoms with Gasteiger partial charge in [-0.1, -0.05) is 29.8 Å².